The lowest BCUT2D eigenvalue weighted by atomic mass is 10.3. The van der Waals surface area contributed by atoms with Gasteiger partial charge in [-0.2, -0.15) is 0 Å². The molecular weight excluding hydrogens is 304 g/mol. The predicted molar refractivity (Wildman–Crippen MR) is 87.5 cm³/mol. The summed E-state index contributed by atoms with van der Waals surface area (Å²) >= 11 is 2.95. The largest absolute Gasteiger partial charge is 0.338 e. The van der Waals surface area contributed by atoms with E-state index >= 15 is 0 Å². The van der Waals surface area contributed by atoms with Gasteiger partial charge in [0.05, 0.1) is 10.6 Å². The van der Waals surface area contributed by atoms with Crippen molar-refractivity contribution >= 4 is 29.0 Å². The Kier molecular flexibility index (Phi) is 5.58. The number of carbonyl (C=O) groups is 1. The van der Waals surface area contributed by atoms with Crippen LogP contribution in [0.25, 0.3) is 10.7 Å². The summed E-state index contributed by atoms with van der Waals surface area (Å²) in [6, 6.07) is 3.95. The van der Waals surface area contributed by atoms with Gasteiger partial charge in [0.2, 0.25) is 11.1 Å². The van der Waals surface area contributed by atoms with Crippen LogP contribution in [0.4, 0.5) is 0 Å². The van der Waals surface area contributed by atoms with E-state index in [2.05, 4.69) is 21.8 Å². The first-order chi connectivity index (χ1) is 10.1. The minimum absolute atomic E-state index is 0.0768. The Hall–Kier alpha value is -1.60. The fraction of sp³-hybridized carbons (Fsp3) is 0.357. The molecule has 0 unspecified atom stereocenters. The number of nitrogens with zero attached hydrogens (tertiary/aromatic N) is 3. The van der Waals surface area contributed by atoms with E-state index in [1.807, 2.05) is 31.4 Å². The van der Waals surface area contributed by atoms with E-state index in [0.29, 0.717) is 24.0 Å². The highest BCUT2D eigenvalue weighted by Gasteiger charge is 2.14. The number of aromatic nitrogens is 3. The maximum absolute atomic E-state index is 12.1. The van der Waals surface area contributed by atoms with Crippen LogP contribution in [0.2, 0.25) is 0 Å². The summed E-state index contributed by atoms with van der Waals surface area (Å²) in [5.41, 5.74) is 0.980. The summed E-state index contributed by atoms with van der Waals surface area (Å²) in [5.74, 6) is 1.16. The quantitative estimate of drug-likeness (QED) is 0.628. The first-order valence-electron chi connectivity index (χ1n) is 6.61. The third-order valence-electron chi connectivity index (χ3n) is 2.74. The molecule has 0 fully saturated rings. The molecule has 5 nitrogen and oxygen atoms in total. The molecule has 0 saturated heterocycles. The molecule has 1 amide bonds. The van der Waals surface area contributed by atoms with E-state index in [0.717, 1.165) is 16.3 Å². The highest BCUT2D eigenvalue weighted by Crippen LogP contribution is 2.23. The third-order valence-corrected chi connectivity index (χ3v) is 4.45. The molecule has 0 bridgehead atoms. The fourth-order valence-corrected chi connectivity index (χ4v) is 3.12. The van der Waals surface area contributed by atoms with E-state index in [-0.39, 0.29) is 5.91 Å². The SMILES string of the molecule is C=C(C)CN(CC)C(=O)CSc1n[nH]c(-c2cccs2)n1. The Balaban J connectivity index is 1.91. The highest BCUT2D eigenvalue weighted by molar-refractivity contribution is 7.99. The molecule has 21 heavy (non-hydrogen) atoms. The molecular formula is C14H18N4OS2. The van der Waals surface area contributed by atoms with Crippen molar-refractivity contribution in [1.82, 2.24) is 20.1 Å². The number of likely N-dealkylation sites (N-methyl/N-ethyl adjacent to an activating group) is 1. The molecule has 2 heterocycles. The van der Waals surface area contributed by atoms with Crippen LogP contribution < -0.4 is 0 Å². The Morgan fingerprint density at radius 3 is 3.00 bits per heavy atom. The Labute approximate surface area is 132 Å². The number of amides is 1. The topological polar surface area (TPSA) is 61.9 Å². The molecule has 0 spiro atoms. The van der Waals surface area contributed by atoms with Crippen molar-refractivity contribution in [2.45, 2.75) is 19.0 Å². The number of rotatable bonds is 7. The monoisotopic (exact) mass is 322 g/mol. The van der Waals surface area contributed by atoms with Crippen molar-refractivity contribution in [1.29, 1.82) is 0 Å². The van der Waals surface area contributed by atoms with Gasteiger partial charge in [0, 0.05) is 13.1 Å². The summed E-state index contributed by atoms with van der Waals surface area (Å²) in [4.78, 5) is 19.3. The standard InChI is InChI=1S/C14H18N4OS2/c1-4-18(8-10(2)3)12(19)9-21-14-15-13(16-17-14)11-6-5-7-20-11/h5-7H,2,4,8-9H2,1,3H3,(H,15,16,17). The van der Waals surface area contributed by atoms with E-state index in [1.165, 1.54) is 11.8 Å². The zero-order valence-electron chi connectivity index (χ0n) is 12.1. The number of nitrogens with one attached hydrogen (secondary N) is 1. The van der Waals surface area contributed by atoms with Crippen molar-refractivity contribution in [3.63, 3.8) is 0 Å². The van der Waals surface area contributed by atoms with Gasteiger partial charge in [0.25, 0.3) is 0 Å². The minimum Gasteiger partial charge on any atom is -0.338 e. The summed E-state index contributed by atoms with van der Waals surface area (Å²) < 4.78 is 0. The molecule has 0 radical (unpaired) electrons. The van der Waals surface area contributed by atoms with Gasteiger partial charge in [-0.15, -0.1) is 16.4 Å². The maximum atomic E-state index is 12.1. The van der Waals surface area contributed by atoms with Crippen molar-refractivity contribution in [3.05, 3.63) is 29.7 Å². The lowest BCUT2D eigenvalue weighted by Gasteiger charge is -2.20. The maximum Gasteiger partial charge on any atom is 0.233 e. The smallest absolute Gasteiger partial charge is 0.233 e. The second kappa shape index (κ2) is 7.42. The van der Waals surface area contributed by atoms with Crippen molar-refractivity contribution in [2.75, 3.05) is 18.8 Å². The molecule has 112 valence electrons. The predicted octanol–water partition coefficient (Wildman–Crippen LogP) is 3.05. The molecule has 0 atom stereocenters. The number of carbonyl (C=O) groups excluding carboxylic acids is 1. The van der Waals surface area contributed by atoms with E-state index in [4.69, 9.17) is 0 Å². The number of hydrogen-bond donors (Lipinski definition) is 1. The fourth-order valence-electron chi connectivity index (χ4n) is 1.75. The first kappa shape index (κ1) is 15.8. The molecule has 1 N–H and O–H groups in total. The second-order valence-corrected chi connectivity index (χ2v) is 6.49. The summed E-state index contributed by atoms with van der Waals surface area (Å²) in [5, 5.41) is 9.62. The molecule has 2 aromatic rings. The molecule has 0 aliphatic rings. The lowest BCUT2D eigenvalue weighted by Crippen LogP contribution is -2.33. The lowest BCUT2D eigenvalue weighted by molar-refractivity contribution is -0.127. The van der Waals surface area contributed by atoms with Crippen LogP contribution in [0.3, 0.4) is 0 Å². The third kappa shape index (κ3) is 4.44. The van der Waals surface area contributed by atoms with Gasteiger partial charge in [-0.25, -0.2) is 4.98 Å². The average Bonchev–Trinajstić information content (AvgIpc) is 3.12. The van der Waals surface area contributed by atoms with Crippen molar-refractivity contribution in [2.24, 2.45) is 0 Å². The minimum atomic E-state index is 0.0768. The van der Waals surface area contributed by atoms with Gasteiger partial charge < -0.3 is 4.90 Å². The summed E-state index contributed by atoms with van der Waals surface area (Å²) in [6.45, 7) is 9.02. The highest BCUT2D eigenvalue weighted by atomic mass is 32.2. The van der Waals surface area contributed by atoms with Crippen LogP contribution in [0.5, 0.6) is 0 Å². The summed E-state index contributed by atoms with van der Waals surface area (Å²) in [7, 11) is 0. The molecule has 0 saturated carbocycles. The number of hydrogen-bond acceptors (Lipinski definition) is 5. The normalized spacial score (nSPS) is 10.6. The number of thiophene rings is 1. The van der Waals surface area contributed by atoms with Crippen molar-refractivity contribution in [3.8, 4) is 10.7 Å². The van der Waals surface area contributed by atoms with Crippen LogP contribution in [-0.4, -0.2) is 44.8 Å². The molecule has 2 aromatic heterocycles. The molecule has 2 rings (SSSR count). The van der Waals surface area contributed by atoms with Gasteiger partial charge in [-0.05, 0) is 25.3 Å². The van der Waals surface area contributed by atoms with Gasteiger partial charge in [0.1, 0.15) is 0 Å². The molecule has 0 aliphatic carbocycles. The van der Waals surface area contributed by atoms with E-state index < -0.39 is 0 Å². The zero-order valence-corrected chi connectivity index (χ0v) is 13.8. The number of thioether (sulfide) groups is 1. The second-order valence-electron chi connectivity index (χ2n) is 4.60. The van der Waals surface area contributed by atoms with Crippen LogP contribution in [0.15, 0.2) is 34.8 Å². The van der Waals surface area contributed by atoms with Gasteiger partial charge in [0.15, 0.2) is 5.82 Å². The Bertz CT molecular complexity index is 606. The Morgan fingerprint density at radius 1 is 1.57 bits per heavy atom. The van der Waals surface area contributed by atoms with Crippen LogP contribution in [0.1, 0.15) is 13.8 Å². The van der Waals surface area contributed by atoms with Gasteiger partial charge >= 0.3 is 0 Å². The summed E-state index contributed by atoms with van der Waals surface area (Å²) in [6.07, 6.45) is 0. The molecule has 0 aromatic carbocycles. The van der Waals surface area contributed by atoms with Gasteiger partial charge in [-0.3, -0.25) is 9.89 Å². The van der Waals surface area contributed by atoms with E-state index in [1.54, 1.807) is 16.2 Å². The van der Waals surface area contributed by atoms with Gasteiger partial charge in [-0.1, -0.05) is 30.0 Å². The Morgan fingerprint density at radius 2 is 2.38 bits per heavy atom. The molecule has 7 heteroatoms. The van der Waals surface area contributed by atoms with Crippen molar-refractivity contribution < 1.29 is 4.79 Å². The van der Waals surface area contributed by atoms with E-state index in [9.17, 15) is 4.79 Å². The van der Waals surface area contributed by atoms with Crippen LogP contribution in [-0.2, 0) is 4.79 Å². The average molecular weight is 322 g/mol. The zero-order chi connectivity index (χ0) is 15.2. The number of aromatic amines is 1. The first-order valence-corrected chi connectivity index (χ1v) is 8.48. The molecule has 0 aliphatic heterocycles. The number of H-pyrrole nitrogens is 1. The van der Waals surface area contributed by atoms with Crippen LogP contribution in [0, 0.1) is 0 Å². The van der Waals surface area contributed by atoms with Crippen LogP contribution >= 0.6 is 23.1 Å².